The molecule has 150 valence electrons. The van der Waals surface area contributed by atoms with E-state index in [1.807, 2.05) is 6.07 Å². The molecule has 0 saturated carbocycles. The van der Waals surface area contributed by atoms with Crippen molar-refractivity contribution >= 4 is 5.97 Å². The van der Waals surface area contributed by atoms with E-state index in [4.69, 9.17) is 4.74 Å². The molecule has 1 atom stereocenters. The first-order valence-corrected chi connectivity index (χ1v) is 10.8. The van der Waals surface area contributed by atoms with Gasteiger partial charge >= 0.3 is 5.97 Å². The Hall–Kier alpha value is -2.09. The monoisotopic (exact) mass is 378 g/mol. The Morgan fingerprint density at radius 2 is 1.54 bits per heavy atom. The molecule has 0 spiro atoms. The lowest BCUT2D eigenvalue weighted by atomic mass is 9.84. The van der Waals surface area contributed by atoms with Crippen molar-refractivity contribution in [2.45, 2.75) is 84.7 Å². The van der Waals surface area contributed by atoms with Crippen LogP contribution in [0.15, 0.2) is 36.4 Å². The van der Waals surface area contributed by atoms with Gasteiger partial charge in [0.15, 0.2) is 0 Å². The first kappa shape index (κ1) is 20.6. The van der Waals surface area contributed by atoms with Gasteiger partial charge in [0.1, 0.15) is 6.10 Å². The molecular weight excluding hydrogens is 344 g/mol. The predicted molar refractivity (Wildman–Crippen MR) is 116 cm³/mol. The maximum Gasteiger partial charge on any atom is 0.339 e. The van der Waals surface area contributed by atoms with Gasteiger partial charge < -0.3 is 4.74 Å². The van der Waals surface area contributed by atoms with Gasteiger partial charge in [0.25, 0.3) is 0 Å². The molecule has 0 fully saturated rings. The van der Waals surface area contributed by atoms with Gasteiger partial charge in [0.05, 0.1) is 5.56 Å². The zero-order valence-corrected chi connectivity index (χ0v) is 18.2. The lowest BCUT2D eigenvalue weighted by Gasteiger charge is -2.27. The Morgan fingerprint density at radius 3 is 2.11 bits per heavy atom. The number of aryl methyl sites for hydroxylation is 1. The minimum Gasteiger partial charge on any atom is -0.454 e. The summed E-state index contributed by atoms with van der Waals surface area (Å²) in [5, 5.41) is 0. The molecule has 2 aromatic carbocycles. The normalized spacial score (nSPS) is 16.5. The minimum absolute atomic E-state index is 0.137. The Labute approximate surface area is 170 Å². The van der Waals surface area contributed by atoms with E-state index in [-0.39, 0.29) is 23.9 Å². The number of ether oxygens (including phenoxy) is 1. The number of carbonyl (C=O) groups is 1. The third-order valence-corrected chi connectivity index (χ3v) is 5.90. The van der Waals surface area contributed by atoms with Gasteiger partial charge in [0.2, 0.25) is 0 Å². The van der Waals surface area contributed by atoms with Crippen LogP contribution in [0.25, 0.3) is 0 Å². The zero-order chi connectivity index (χ0) is 20.4. The summed E-state index contributed by atoms with van der Waals surface area (Å²) in [5.74, 6) is 0.824. The van der Waals surface area contributed by atoms with Gasteiger partial charge in [-0.15, -0.1) is 0 Å². The molecule has 0 unspecified atom stereocenters. The molecule has 28 heavy (non-hydrogen) atoms. The van der Waals surface area contributed by atoms with Crippen LogP contribution in [0.2, 0.25) is 0 Å². The van der Waals surface area contributed by atoms with Crippen molar-refractivity contribution in [1.29, 1.82) is 0 Å². The Bertz CT molecular complexity index is 816. The van der Waals surface area contributed by atoms with Crippen molar-refractivity contribution < 1.29 is 9.53 Å². The van der Waals surface area contributed by atoms with Crippen molar-refractivity contribution in [3.05, 3.63) is 69.8 Å². The van der Waals surface area contributed by atoms with Gasteiger partial charge in [-0.1, -0.05) is 77.9 Å². The number of rotatable bonds is 5. The fourth-order valence-corrected chi connectivity index (χ4v) is 4.21. The highest BCUT2D eigenvalue weighted by Gasteiger charge is 2.28. The summed E-state index contributed by atoms with van der Waals surface area (Å²) < 4.78 is 6.15. The molecule has 0 aliphatic heterocycles. The average molecular weight is 379 g/mol. The lowest BCUT2D eigenvalue weighted by molar-refractivity contribution is 0.0253. The summed E-state index contributed by atoms with van der Waals surface area (Å²) in [4.78, 5) is 13.4. The van der Waals surface area contributed by atoms with Gasteiger partial charge in [-0.3, -0.25) is 0 Å². The molecular formula is C26H34O2. The van der Waals surface area contributed by atoms with Crippen molar-refractivity contribution in [1.82, 2.24) is 0 Å². The number of hydrogen-bond donors (Lipinski definition) is 0. The van der Waals surface area contributed by atoms with Crippen molar-refractivity contribution in [2.24, 2.45) is 0 Å². The predicted octanol–water partition coefficient (Wildman–Crippen LogP) is 7.29. The highest BCUT2D eigenvalue weighted by atomic mass is 16.5. The molecule has 2 aromatic rings. The smallest absolute Gasteiger partial charge is 0.339 e. The zero-order valence-electron chi connectivity index (χ0n) is 18.2. The van der Waals surface area contributed by atoms with Gasteiger partial charge in [-0.2, -0.15) is 0 Å². The summed E-state index contributed by atoms with van der Waals surface area (Å²) in [6.45, 7) is 13.1. The van der Waals surface area contributed by atoms with Crippen LogP contribution in [0.5, 0.6) is 0 Å². The van der Waals surface area contributed by atoms with E-state index in [9.17, 15) is 4.79 Å². The molecule has 0 saturated heterocycles. The third kappa shape index (κ3) is 4.16. The fraction of sp³-hybridized carbons (Fsp3) is 0.500. The standard InChI is InChI=1S/C26H34O2/c1-16(2)20-14-22(17(3)4)25(23(15-20)18(5)6)26(27)28-24-13-9-11-19-10-7-8-12-21(19)24/h7-8,10,12,14-18,24H,9,11,13H2,1-6H3/t24-/m0/s1. The van der Waals surface area contributed by atoms with Crippen LogP contribution in [-0.4, -0.2) is 5.97 Å². The Balaban J connectivity index is 2.02. The molecule has 0 amide bonds. The van der Waals surface area contributed by atoms with Crippen molar-refractivity contribution in [3.63, 3.8) is 0 Å². The van der Waals surface area contributed by atoms with Crippen LogP contribution >= 0.6 is 0 Å². The molecule has 2 heteroatoms. The number of benzene rings is 2. The quantitative estimate of drug-likeness (QED) is 0.511. The van der Waals surface area contributed by atoms with Crippen LogP contribution in [0.3, 0.4) is 0 Å². The number of esters is 1. The summed E-state index contributed by atoms with van der Waals surface area (Å²) >= 11 is 0. The van der Waals surface area contributed by atoms with E-state index in [2.05, 4.69) is 71.9 Å². The number of fused-ring (bicyclic) bond motifs is 1. The molecule has 0 bridgehead atoms. The Morgan fingerprint density at radius 1 is 0.929 bits per heavy atom. The second-order valence-electron chi connectivity index (χ2n) is 9.02. The van der Waals surface area contributed by atoms with Gasteiger partial charge in [-0.05, 0) is 64.8 Å². The highest BCUT2D eigenvalue weighted by molar-refractivity contribution is 5.93. The van der Waals surface area contributed by atoms with E-state index in [0.29, 0.717) is 5.92 Å². The molecule has 0 N–H and O–H groups in total. The van der Waals surface area contributed by atoms with Crippen LogP contribution in [0.1, 0.15) is 116 Å². The molecule has 1 aliphatic rings. The molecule has 0 aromatic heterocycles. The van der Waals surface area contributed by atoms with Crippen molar-refractivity contribution in [2.75, 3.05) is 0 Å². The molecule has 0 heterocycles. The van der Waals surface area contributed by atoms with E-state index in [1.54, 1.807) is 0 Å². The highest BCUT2D eigenvalue weighted by Crippen LogP contribution is 2.36. The van der Waals surface area contributed by atoms with Crippen LogP contribution in [0.4, 0.5) is 0 Å². The first-order chi connectivity index (χ1) is 13.3. The summed E-state index contributed by atoms with van der Waals surface area (Å²) in [7, 11) is 0. The minimum atomic E-state index is -0.163. The van der Waals surface area contributed by atoms with E-state index in [1.165, 1.54) is 16.7 Å². The SMILES string of the molecule is CC(C)c1cc(C(C)C)c(C(=O)O[C@H]2CCCc3ccccc32)c(C(C)C)c1. The average Bonchev–Trinajstić information content (AvgIpc) is 2.66. The molecule has 1 aliphatic carbocycles. The van der Waals surface area contributed by atoms with Gasteiger partial charge in [-0.25, -0.2) is 4.79 Å². The summed E-state index contributed by atoms with van der Waals surface area (Å²) in [6.07, 6.45) is 2.90. The molecule has 0 radical (unpaired) electrons. The lowest BCUT2D eigenvalue weighted by Crippen LogP contribution is -2.20. The topological polar surface area (TPSA) is 26.3 Å². The fourth-order valence-electron chi connectivity index (χ4n) is 4.21. The third-order valence-electron chi connectivity index (χ3n) is 5.90. The van der Waals surface area contributed by atoms with E-state index in [0.717, 1.165) is 36.0 Å². The maximum absolute atomic E-state index is 13.4. The largest absolute Gasteiger partial charge is 0.454 e. The van der Waals surface area contributed by atoms with Crippen LogP contribution < -0.4 is 0 Å². The van der Waals surface area contributed by atoms with Crippen molar-refractivity contribution in [3.8, 4) is 0 Å². The molecule has 2 nitrogen and oxygen atoms in total. The Kier molecular flexibility index (Phi) is 6.27. The second kappa shape index (κ2) is 8.51. The summed E-state index contributed by atoms with van der Waals surface area (Å²) in [5.41, 5.74) is 6.81. The number of carbonyl (C=O) groups excluding carboxylic acids is 1. The second-order valence-corrected chi connectivity index (χ2v) is 9.02. The van der Waals surface area contributed by atoms with Crippen LogP contribution in [-0.2, 0) is 11.2 Å². The first-order valence-electron chi connectivity index (χ1n) is 10.8. The van der Waals surface area contributed by atoms with E-state index >= 15 is 0 Å². The molecule has 3 rings (SSSR count). The van der Waals surface area contributed by atoms with E-state index < -0.39 is 0 Å². The van der Waals surface area contributed by atoms with Gasteiger partial charge in [0, 0.05) is 0 Å². The van der Waals surface area contributed by atoms with Crippen LogP contribution in [0, 0.1) is 0 Å². The number of hydrogen-bond acceptors (Lipinski definition) is 2. The maximum atomic E-state index is 13.4. The summed E-state index contributed by atoms with van der Waals surface area (Å²) in [6, 6.07) is 12.8.